The van der Waals surface area contributed by atoms with Crippen LogP contribution >= 0.6 is 23.7 Å². The SMILES string of the molecule is COc1nn(C)cc1C(=O)N(CCCN1CCOCC1)c1nc2c(OC)ccc(C)c2s1.Cl. The van der Waals surface area contributed by atoms with Crippen LogP contribution in [0.5, 0.6) is 11.6 Å². The van der Waals surface area contributed by atoms with Crippen molar-refractivity contribution in [1.82, 2.24) is 19.7 Å². The number of carbonyl (C=O) groups excluding carboxylic acids is 1. The third-order valence-corrected chi connectivity index (χ3v) is 6.78. The van der Waals surface area contributed by atoms with E-state index in [0.717, 1.165) is 55.0 Å². The highest BCUT2D eigenvalue weighted by atomic mass is 35.5. The van der Waals surface area contributed by atoms with E-state index in [4.69, 9.17) is 19.2 Å². The molecule has 1 saturated heterocycles. The van der Waals surface area contributed by atoms with Gasteiger partial charge >= 0.3 is 0 Å². The quantitative estimate of drug-likeness (QED) is 0.474. The molecule has 180 valence electrons. The molecule has 0 N–H and O–H groups in total. The number of rotatable bonds is 8. The van der Waals surface area contributed by atoms with Crippen molar-refractivity contribution in [3.63, 3.8) is 0 Å². The number of nitrogens with zero attached hydrogens (tertiary/aromatic N) is 5. The number of fused-ring (bicyclic) bond motifs is 1. The van der Waals surface area contributed by atoms with Crippen LogP contribution in [0.4, 0.5) is 5.13 Å². The number of amides is 1. The first-order valence-electron chi connectivity index (χ1n) is 10.7. The summed E-state index contributed by atoms with van der Waals surface area (Å²) in [5.41, 5.74) is 2.30. The maximum atomic E-state index is 13.6. The number of ether oxygens (including phenoxy) is 3. The van der Waals surface area contributed by atoms with Gasteiger partial charge in [-0.25, -0.2) is 4.98 Å². The minimum atomic E-state index is -0.174. The molecule has 1 amide bonds. The first-order chi connectivity index (χ1) is 15.5. The number of hydrogen-bond donors (Lipinski definition) is 0. The van der Waals surface area contributed by atoms with Crippen molar-refractivity contribution < 1.29 is 19.0 Å². The number of hydrogen-bond acceptors (Lipinski definition) is 8. The summed E-state index contributed by atoms with van der Waals surface area (Å²) in [5, 5.41) is 4.90. The van der Waals surface area contributed by atoms with Gasteiger partial charge in [0.1, 0.15) is 16.8 Å². The predicted molar refractivity (Wildman–Crippen MR) is 131 cm³/mol. The van der Waals surface area contributed by atoms with Crippen molar-refractivity contribution in [3.05, 3.63) is 29.5 Å². The third kappa shape index (κ3) is 5.40. The number of halogens is 1. The van der Waals surface area contributed by atoms with Crippen molar-refractivity contribution in [2.45, 2.75) is 13.3 Å². The summed E-state index contributed by atoms with van der Waals surface area (Å²) in [6, 6.07) is 3.92. The molecule has 9 nitrogen and oxygen atoms in total. The minimum absolute atomic E-state index is 0. The lowest BCUT2D eigenvalue weighted by molar-refractivity contribution is 0.0376. The van der Waals surface area contributed by atoms with Crippen LogP contribution in [0.1, 0.15) is 22.3 Å². The molecule has 0 atom stereocenters. The molecule has 0 radical (unpaired) electrons. The van der Waals surface area contributed by atoms with Crippen LogP contribution in [0.15, 0.2) is 18.3 Å². The first kappa shape index (κ1) is 25.2. The van der Waals surface area contributed by atoms with E-state index in [9.17, 15) is 4.79 Å². The Balaban J connectivity index is 0.00000306. The third-order valence-electron chi connectivity index (χ3n) is 5.57. The fourth-order valence-electron chi connectivity index (χ4n) is 3.85. The Kier molecular flexibility index (Phi) is 8.52. The van der Waals surface area contributed by atoms with E-state index in [-0.39, 0.29) is 18.3 Å². The van der Waals surface area contributed by atoms with E-state index in [0.29, 0.717) is 28.9 Å². The van der Waals surface area contributed by atoms with Crippen LogP contribution in [-0.4, -0.2) is 79.2 Å². The number of morpholine rings is 1. The van der Waals surface area contributed by atoms with Crippen molar-refractivity contribution in [2.24, 2.45) is 7.05 Å². The smallest absolute Gasteiger partial charge is 0.267 e. The fourth-order valence-corrected chi connectivity index (χ4v) is 4.93. The highest BCUT2D eigenvalue weighted by molar-refractivity contribution is 7.22. The highest BCUT2D eigenvalue weighted by Crippen LogP contribution is 2.37. The summed E-state index contributed by atoms with van der Waals surface area (Å²) < 4.78 is 18.9. The van der Waals surface area contributed by atoms with Gasteiger partial charge in [0.25, 0.3) is 5.91 Å². The summed E-state index contributed by atoms with van der Waals surface area (Å²) in [4.78, 5) is 22.6. The molecule has 0 unspecified atom stereocenters. The van der Waals surface area contributed by atoms with E-state index in [1.165, 1.54) is 18.4 Å². The maximum absolute atomic E-state index is 13.6. The summed E-state index contributed by atoms with van der Waals surface area (Å²) in [6.07, 6.45) is 2.51. The van der Waals surface area contributed by atoms with E-state index in [1.807, 2.05) is 19.1 Å². The van der Waals surface area contributed by atoms with Crippen LogP contribution in [0.3, 0.4) is 0 Å². The molecule has 3 heterocycles. The Morgan fingerprint density at radius 3 is 2.70 bits per heavy atom. The summed E-state index contributed by atoms with van der Waals surface area (Å²) in [5.74, 6) is 0.839. The topological polar surface area (TPSA) is 82.0 Å². The van der Waals surface area contributed by atoms with Gasteiger partial charge in [0.15, 0.2) is 5.13 Å². The molecule has 1 aliphatic heterocycles. The Bertz CT molecular complexity index is 1100. The molecule has 33 heavy (non-hydrogen) atoms. The van der Waals surface area contributed by atoms with E-state index >= 15 is 0 Å². The van der Waals surface area contributed by atoms with Gasteiger partial charge in [-0.1, -0.05) is 17.4 Å². The zero-order chi connectivity index (χ0) is 22.7. The number of anilines is 1. The normalized spacial score (nSPS) is 14.2. The molecule has 11 heteroatoms. The van der Waals surface area contributed by atoms with Gasteiger partial charge in [0, 0.05) is 39.4 Å². The zero-order valence-electron chi connectivity index (χ0n) is 19.4. The molecule has 0 saturated carbocycles. The Morgan fingerprint density at radius 2 is 2.00 bits per heavy atom. The molecular formula is C22H30ClN5O4S. The number of thiazole rings is 1. The van der Waals surface area contributed by atoms with Crippen molar-refractivity contribution in [3.8, 4) is 11.6 Å². The molecule has 1 fully saturated rings. The van der Waals surface area contributed by atoms with E-state index in [2.05, 4.69) is 10.00 Å². The van der Waals surface area contributed by atoms with Crippen molar-refractivity contribution in [1.29, 1.82) is 0 Å². The second-order valence-electron chi connectivity index (χ2n) is 7.75. The number of aromatic nitrogens is 3. The summed E-state index contributed by atoms with van der Waals surface area (Å²) in [7, 11) is 4.93. The van der Waals surface area contributed by atoms with Gasteiger partial charge in [0.05, 0.1) is 32.1 Å². The van der Waals surface area contributed by atoms with Crippen LogP contribution < -0.4 is 14.4 Å². The Morgan fingerprint density at radius 1 is 1.24 bits per heavy atom. The van der Waals surface area contributed by atoms with Gasteiger partial charge in [-0.05, 0) is 25.0 Å². The van der Waals surface area contributed by atoms with Gasteiger partial charge in [0.2, 0.25) is 5.88 Å². The lowest BCUT2D eigenvalue weighted by Gasteiger charge is -2.27. The predicted octanol–water partition coefficient (Wildman–Crippen LogP) is 3.15. The second kappa shape index (κ2) is 11.1. The molecular weight excluding hydrogens is 466 g/mol. The number of methoxy groups -OCH3 is 2. The van der Waals surface area contributed by atoms with E-state index < -0.39 is 0 Å². The lowest BCUT2D eigenvalue weighted by Crippen LogP contribution is -2.39. The molecule has 0 aliphatic carbocycles. The molecule has 2 aromatic heterocycles. The second-order valence-corrected chi connectivity index (χ2v) is 8.73. The van der Waals surface area contributed by atoms with Gasteiger partial charge in [-0.3, -0.25) is 19.3 Å². The molecule has 1 aromatic carbocycles. The Hall–Kier alpha value is -2.40. The zero-order valence-corrected chi connectivity index (χ0v) is 21.0. The number of carbonyl (C=O) groups is 1. The molecule has 4 rings (SSSR count). The highest BCUT2D eigenvalue weighted by Gasteiger charge is 2.27. The van der Waals surface area contributed by atoms with E-state index in [1.54, 1.807) is 29.9 Å². The standard InChI is InChI=1S/C22H29N5O4S.ClH/c1-15-6-7-17(29-3)18-19(15)32-22(23-18)27(9-5-8-26-10-12-31-13-11-26)21(28)16-14-25(2)24-20(16)30-4;/h6-7,14H,5,8-13H2,1-4H3;1H. The summed E-state index contributed by atoms with van der Waals surface area (Å²) >= 11 is 1.50. The van der Waals surface area contributed by atoms with Crippen LogP contribution in [0.25, 0.3) is 10.2 Å². The average Bonchev–Trinajstić information content (AvgIpc) is 3.41. The van der Waals surface area contributed by atoms with Gasteiger partial charge in [-0.2, -0.15) is 0 Å². The molecule has 0 bridgehead atoms. The average molecular weight is 496 g/mol. The molecule has 0 spiro atoms. The van der Waals surface area contributed by atoms with Crippen molar-refractivity contribution in [2.75, 3.05) is 58.5 Å². The monoisotopic (exact) mass is 495 g/mol. The number of benzene rings is 1. The fraction of sp³-hybridized carbons (Fsp3) is 0.500. The van der Waals surface area contributed by atoms with Crippen LogP contribution in [0, 0.1) is 6.92 Å². The van der Waals surface area contributed by atoms with Gasteiger partial charge in [-0.15, -0.1) is 17.5 Å². The molecule has 3 aromatic rings. The first-order valence-corrected chi connectivity index (χ1v) is 11.5. The van der Waals surface area contributed by atoms with Crippen LogP contribution in [0.2, 0.25) is 0 Å². The Labute approximate surface area is 203 Å². The van der Waals surface area contributed by atoms with Gasteiger partial charge < -0.3 is 14.2 Å². The summed E-state index contributed by atoms with van der Waals surface area (Å²) in [6.45, 7) is 6.82. The largest absolute Gasteiger partial charge is 0.494 e. The lowest BCUT2D eigenvalue weighted by atomic mass is 10.2. The van der Waals surface area contributed by atoms with Crippen molar-refractivity contribution >= 4 is 45.0 Å². The van der Waals surface area contributed by atoms with Crippen LogP contribution in [-0.2, 0) is 11.8 Å². The minimum Gasteiger partial charge on any atom is -0.494 e. The maximum Gasteiger partial charge on any atom is 0.267 e. The molecule has 1 aliphatic rings. The number of aryl methyl sites for hydroxylation is 2.